The first kappa shape index (κ1) is 12.7. The molecule has 104 valence electrons. The number of carboxylic acid groups (broad SMARTS) is 1. The molecule has 1 aromatic heterocycles. The van der Waals surface area contributed by atoms with Crippen molar-refractivity contribution < 1.29 is 14.3 Å². The van der Waals surface area contributed by atoms with Crippen molar-refractivity contribution in [1.29, 1.82) is 0 Å². The van der Waals surface area contributed by atoms with E-state index >= 15 is 0 Å². The van der Waals surface area contributed by atoms with Gasteiger partial charge in [-0.05, 0) is 47.4 Å². The molecule has 1 aromatic carbocycles. The van der Waals surface area contributed by atoms with Gasteiger partial charge in [0.05, 0.1) is 0 Å². The minimum atomic E-state index is -1.02. The molecule has 0 spiro atoms. The van der Waals surface area contributed by atoms with E-state index in [0.29, 0.717) is 25.1 Å². The zero-order valence-electron chi connectivity index (χ0n) is 10.7. The number of halogens is 1. The molecule has 1 saturated carbocycles. The lowest BCUT2D eigenvalue weighted by Crippen LogP contribution is -2.49. The van der Waals surface area contributed by atoms with Gasteiger partial charge in [0.1, 0.15) is 5.82 Å². The van der Waals surface area contributed by atoms with Crippen molar-refractivity contribution in [1.82, 2.24) is 20.2 Å². The Morgan fingerprint density at radius 2 is 2.05 bits per heavy atom. The summed E-state index contributed by atoms with van der Waals surface area (Å²) in [6, 6.07) is 6.00. The molecule has 7 heteroatoms. The maximum absolute atomic E-state index is 12.9. The molecule has 0 bridgehead atoms. The number of carboxylic acids is 1. The van der Waals surface area contributed by atoms with Gasteiger partial charge >= 0.3 is 5.97 Å². The van der Waals surface area contributed by atoms with Gasteiger partial charge in [0.25, 0.3) is 0 Å². The highest BCUT2D eigenvalue weighted by atomic mass is 19.1. The lowest BCUT2D eigenvalue weighted by Gasteiger charge is -2.37. The lowest BCUT2D eigenvalue weighted by atomic mass is 9.77. The quantitative estimate of drug-likeness (QED) is 0.912. The van der Waals surface area contributed by atoms with E-state index in [4.69, 9.17) is 0 Å². The SMILES string of the molecule is O=C(O)C1(n2nnnc2Cc2ccc(F)cc2)CCC1. The lowest BCUT2D eigenvalue weighted by molar-refractivity contribution is -0.153. The van der Waals surface area contributed by atoms with Gasteiger partial charge in [-0.3, -0.25) is 0 Å². The van der Waals surface area contributed by atoms with Crippen LogP contribution in [0.15, 0.2) is 24.3 Å². The van der Waals surface area contributed by atoms with Crippen LogP contribution < -0.4 is 0 Å². The van der Waals surface area contributed by atoms with E-state index in [1.807, 2.05) is 0 Å². The predicted molar refractivity (Wildman–Crippen MR) is 66.5 cm³/mol. The molecule has 0 aliphatic heterocycles. The maximum atomic E-state index is 12.9. The standard InChI is InChI=1S/C13H13FN4O2/c14-10-4-2-9(3-5-10)8-11-15-16-17-18(11)13(12(19)20)6-1-7-13/h2-5H,1,6-8H2,(H,19,20). The van der Waals surface area contributed by atoms with Crippen molar-refractivity contribution in [3.63, 3.8) is 0 Å². The second-order valence-electron chi connectivity index (χ2n) is 5.00. The summed E-state index contributed by atoms with van der Waals surface area (Å²) >= 11 is 0. The Bertz CT molecular complexity index is 634. The van der Waals surface area contributed by atoms with Crippen molar-refractivity contribution in [2.45, 2.75) is 31.2 Å². The van der Waals surface area contributed by atoms with Gasteiger partial charge in [-0.15, -0.1) is 5.10 Å². The molecule has 0 radical (unpaired) electrons. The number of hydrogen-bond donors (Lipinski definition) is 1. The highest BCUT2D eigenvalue weighted by molar-refractivity contribution is 5.77. The molecule has 1 aliphatic carbocycles. The maximum Gasteiger partial charge on any atom is 0.331 e. The molecular formula is C13H13FN4O2. The molecule has 0 saturated heterocycles. The Morgan fingerprint density at radius 1 is 1.35 bits per heavy atom. The van der Waals surface area contributed by atoms with Crippen molar-refractivity contribution in [3.05, 3.63) is 41.5 Å². The number of carbonyl (C=O) groups is 1. The fraction of sp³-hybridized carbons (Fsp3) is 0.385. The topological polar surface area (TPSA) is 80.9 Å². The van der Waals surface area contributed by atoms with E-state index in [0.717, 1.165) is 12.0 Å². The number of nitrogens with zero attached hydrogens (tertiary/aromatic N) is 4. The summed E-state index contributed by atoms with van der Waals surface area (Å²) in [5.74, 6) is -0.732. The van der Waals surface area contributed by atoms with Crippen LogP contribution >= 0.6 is 0 Å². The summed E-state index contributed by atoms with van der Waals surface area (Å²) in [6.07, 6.45) is 2.29. The largest absolute Gasteiger partial charge is 0.479 e. The van der Waals surface area contributed by atoms with E-state index in [-0.39, 0.29) is 5.82 Å². The monoisotopic (exact) mass is 276 g/mol. The number of hydrogen-bond acceptors (Lipinski definition) is 4. The minimum absolute atomic E-state index is 0.311. The van der Waals surface area contributed by atoms with Crippen molar-refractivity contribution in [2.24, 2.45) is 0 Å². The second kappa shape index (κ2) is 4.66. The van der Waals surface area contributed by atoms with Gasteiger partial charge in [-0.2, -0.15) is 0 Å². The first-order valence-electron chi connectivity index (χ1n) is 6.37. The first-order chi connectivity index (χ1) is 9.62. The third-order valence-corrected chi connectivity index (χ3v) is 3.79. The highest BCUT2D eigenvalue weighted by Crippen LogP contribution is 2.39. The molecule has 1 N–H and O–H groups in total. The van der Waals surface area contributed by atoms with Crippen LogP contribution in [0.2, 0.25) is 0 Å². The van der Waals surface area contributed by atoms with Crippen LogP contribution in [0.3, 0.4) is 0 Å². The van der Waals surface area contributed by atoms with Gasteiger partial charge in [0, 0.05) is 6.42 Å². The highest BCUT2D eigenvalue weighted by Gasteiger charge is 2.48. The van der Waals surface area contributed by atoms with Gasteiger partial charge in [0.15, 0.2) is 11.4 Å². The van der Waals surface area contributed by atoms with Crippen molar-refractivity contribution in [2.75, 3.05) is 0 Å². The molecule has 6 nitrogen and oxygen atoms in total. The number of tetrazole rings is 1. The summed E-state index contributed by atoms with van der Waals surface area (Å²) in [6.45, 7) is 0. The smallest absolute Gasteiger partial charge is 0.331 e. The van der Waals surface area contributed by atoms with Crippen LogP contribution in [-0.4, -0.2) is 31.3 Å². The van der Waals surface area contributed by atoms with Gasteiger partial charge < -0.3 is 5.11 Å². The van der Waals surface area contributed by atoms with Crippen LogP contribution in [0, 0.1) is 5.82 Å². The molecule has 0 unspecified atom stereocenters. The Hall–Kier alpha value is -2.31. The van der Waals surface area contributed by atoms with Crippen LogP contribution in [0.4, 0.5) is 4.39 Å². The van der Waals surface area contributed by atoms with Crippen LogP contribution in [0.5, 0.6) is 0 Å². The summed E-state index contributed by atoms with van der Waals surface area (Å²) < 4.78 is 14.3. The number of rotatable bonds is 4. The van der Waals surface area contributed by atoms with Crippen molar-refractivity contribution >= 4 is 5.97 Å². The Balaban J connectivity index is 1.90. The summed E-state index contributed by atoms with van der Waals surface area (Å²) in [4.78, 5) is 11.5. The van der Waals surface area contributed by atoms with E-state index in [9.17, 15) is 14.3 Å². The first-order valence-corrected chi connectivity index (χ1v) is 6.37. The van der Waals surface area contributed by atoms with E-state index in [1.54, 1.807) is 12.1 Å². The van der Waals surface area contributed by atoms with Crippen LogP contribution in [-0.2, 0) is 16.8 Å². The molecule has 20 heavy (non-hydrogen) atoms. The summed E-state index contributed by atoms with van der Waals surface area (Å²) in [5, 5.41) is 20.8. The van der Waals surface area contributed by atoms with Crippen LogP contribution in [0.1, 0.15) is 30.7 Å². The zero-order chi connectivity index (χ0) is 14.2. The fourth-order valence-corrected chi connectivity index (χ4v) is 2.46. The number of aliphatic carboxylic acids is 1. The van der Waals surface area contributed by atoms with Crippen molar-refractivity contribution in [3.8, 4) is 0 Å². The molecular weight excluding hydrogens is 263 g/mol. The molecule has 1 aliphatic rings. The van der Waals surface area contributed by atoms with Gasteiger partial charge in [-0.1, -0.05) is 12.1 Å². The third kappa shape index (κ3) is 1.95. The van der Waals surface area contributed by atoms with E-state index in [2.05, 4.69) is 15.5 Å². The predicted octanol–water partition coefficient (Wildman–Crippen LogP) is 1.37. The zero-order valence-corrected chi connectivity index (χ0v) is 10.7. The number of benzene rings is 1. The van der Waals surface area contributed by atoms with E-state index < -0.39 is 11.5 Å². The Morgan fingerprint density at radius 3 is 2.60 bits per heavy atom. The molecule has 0 atom stereocenters. The third-order valence-electron chi connectivity index (χ3n) is 3.79. The molecule has 2 aromatic rings. The molecule has 0 amide bonds. The molecule has 1 fully saturated rings. The Labute approximate surface area is 114 Å². The van der Waals surface area contributed by atoms with Gasteiger partial charge in [-0.25, -0.2) is 13.9 Å². The minimum Gasteiger partial charge on any atom is -0.479 e. The average Bonchev–Trinajstić information content (AvgIpc) is 2.79. The normalized spacial score (nSPS) is 16.6. The fourth-order valence-electron chi connectivity index (χ4n) is 2.46. The molecule has 1 heterocycles. The summed E-state index contributed by atoms with van der Waals surface area (Å²) in [5.41, 5.74) is -0.180. The van der Waals surface area contributed by atoms with Gasteiger partial charge in [0.2, 0.25) is 0 Å². The second-order valence-corrected chi connectivity index (χ2v) is 5.00. The number of aromatic nitrogens is 4. The Kier molecular flexibility index (Phi) is 2.96. The average molecular weight is 276 g/mol. The van der Waals surface area contributed by atoms with E-state index in [1.165, 1.54) is 16.8 Å². The summed E-state index contributed by atoms with van der Waals surface area (Å²) in [7, 11) is 0. The molecule has 3 rings (SSSR count). The van der Waals surface area contributed by atoms with Crippen LogP contribution in [0.25, 0.3) is 0 Å².